The zero-order valence-corrected chi connectivity index (χ0v) is 13.4. The van der Waals surface area contributed by atoms with Gasteiger partial charge in [0.15, 0.2) is 0 Å². The molecule has 1 heterocycles. The van der Waals surface area contributed by atoms with Gasteiger partial charge in [-0.25, -0.2) is 9.80 Å². The molecule has 0 fully saturated rings. The summed E-state index contributed by atoms with van der Waals surface area (Å²) in [4.78, 5) is 34.6. The summed E-state index contributed by atoms with van der Waals surface area (Å²) in [6, 6.07) is -1.06. The summed E-state index contributed by atoms with van der Waals surface area (Å²) in [5.41, 5.74) is -0.214. The van der Waals surface area contributed by atoms with Gasteiger partial charge >= 0.3 is 5.97 Å². The minimum atomic E-state index is -1.13. The van der Waals surface area contributed by atoms with E-state index < -0.39 is 17.9 Å². The Morgan fingerprint density at radius 3 is 2.55 bits per heavy atom. The molecule has 0 saturated heterocycles. The number of carbonyl (C=O) groups excluding carboxylic acids is 2. The number of carboxylic acid groups (broad SMARTS) is 1. The predicted octanol–water partition coefficient (Wildman–Crippen LogP) is 0.369. The summed E-state index contributed by atoms with van der Waals surface area (Å²) >= 11 is 0. The van der Waals surface area contributed by atoms with Gasteiger partial charge in [-0.2, -0.15) is 5.10 Å². The van der Waals surface area contributed by atoms with Gasteiger partial charge in [0.1, 0.15) is 11.8 Å². The number of ether oxygens (including phenoxy) is 1. The zero-order valence-electron chi connectivity index (χ0n) is 13.4. The second-order valence-electron chi connectivity index (χ2n) is 6.08. The van der Waals surface area contributed by atoms with Crippen LogP contribution in [-0.2, 0) is 19.1 Å². The van der Waals surface area contributed by atoms with E-state index >= 15 is 0 Å². The summed E-state index contributed by atoms with van der Waals surface area (Å²) in [6.45, 7) is 5.81. The van der Waals surface area contributed by atoms with E-state index in [4.69, 9.17) is 9.84 Å². The number of hydrogen-bond donors (Lipinski definition) is 2. The Morgan fingerprint density at radius 2 is 2.05 bits per heavy atom. The van der Waals surface area contributed by atoms with Gasteiger partial charge in [0, 0.05) is 32.9 Å². The van der Waals surface area contributed by atoms with E-state index in [-0.39, 0.29) is 43.1 Å². The Labute approximate surface area is 129 Å². The highest BCUT2D eigenvalue weighted by atomic mass is 16.5. The second kappa shape index (κ2) is 7.35. The molecule has 0 spiro atoms. The lowest BCUT2D eigenvalue weighted by molar-refractivity contribution is -0.142. The molecule has 2 N–H and O–H groups in total. The van der Waals surface area contributed by atoms with Crippen LogP contribution in [0.2, 0.25) is 0 Å². The monoisotopic (exact) mass is 313 g/mol. The molecular weight excluding hydrogens is 290 g/mol. The molecule has 22 heavy (non-hydrogen) atoms. The molecular formula is C14H23N3O5. The average Bonchev–Trinajstić information content (AvgIpc) is 2.39. The van der Waals surface area contributed by atoms with Crippen LogP contribution in [-0.4, -0.2) is 58.9 Å². The molecule has 8 nitrogen and oxygen atoms in total. The molecule has 0 aromatic rings. The summed E-state index contributed by atoms with van der Waals surface area (Å²) < 4.78 is 5.47. The maximum atomic E-state index is 12.0. The van der Waals surface area contributed by atoms with Gasteiger partial charge in [0.05, 0.1) is 5.60 Å². The highest BCUT2D eigenvalue weighted by Gasteiger charge is 2.26. The van der Waals surface area contributed by atoms with Crippen molar-refractivity contribution in [2.75, 3.05) is 13.7 Å². The first-order valence-electron chi connectivity index (χ1n) is 7.12. The second-order valence-corrected chi connectivity index (χ2v) is 6.08. The lowest BCUT2D eigenvalue weighted by Crippen LogP contribution is -2.46. The quantitative estimate of drug-likeness (QED) is 0.736. The van der Waals surface area contributed by atoms with Crippen molar-refractivity contribution in [2.45, 2.75) is 51.7 Å². The molecule has 1 aliphatic heterocycles. The number of nitrogens with zero attached hydrogens (tertiary/aromatic N) is 2. The van der Waals surface area contributed by atoms with Gasteiger partial charge in [0.2, 0.25) is 5.91 Å². The van der Waals surface area contributed by atoms with Gasteiger partial charge in [-0.3, -0.25) is 9.59 Å². The highest BCUT2D eigenvalue weighted by molar-refractivity contribution is 6.39. The minimum absolute atomic E-state index is 0.153. The fourth-order valence-corrected chi connectivity index (χ4v) is 1.81. The van der Waals surface area contributed by atoms with Crippen LogP contribution in [0.4, 0.5) is 0 Å². The van der Waals surface area contributed by atoms with Crippen LogP contribution in [0.1, 0.15) is 40.0 Å². The molecule has 0 aromatic heterocycles. The summed E-state index contributed by atoms with van der Waals surface area (Å²) in [6.07, 6.45) is 0.549. The predicted molar refractivity (Wildman–Crippen MR) is 79.3 cm³/mol. The van der Waals surface area contributed by atoms with Crippen LogP contribution in [0.3, 0.4) is 0 Å². The first-order valence-corrected chi connectivity index (χ1v) is 7.12. The van der Waals surface area contributed by atoms with E-state index in [1.807, 2.05) is 20.8 Å². The molecule has 0 saturated carbocycles. The molecule has 1 aliphatic rings. The molecule has 1 atom stereocenters. The van der Waals surface area contributed by atoms with Crippen LogP contribution in [0.25, 0.3) is 0 Å². The van der Waals surface area contributed by atoms with Crippen LogP contribution in [0, 0.1) is 0 Å². The Bertz CT molecular complexity index is 481. The van der Waals surface area contributed by atoms with E-state index in [9.17, 15) is 14.4 Å². The van der Waals surface area contributed by atoms with E-state index in [1.165, 1.54) is 7.05 Å². The van der Waals surface area contributed by atoms with Crippen molar-refractivity contribution in [1.82, 2.24) is 10.3 Å². The van der Waals surface area contributed by atoms with Crippen molar-refractivity contribution in [1.29, 1.82) is 0 Å². The third-order valence-electron chi connectivity index (χ3n) is 3.01. The van der Waals surface area contributed by atoms with E-state index in [2.05, 4.69) is 10.4 Å². The lowest BCUT2D eigenvalue weighted by atomic mass is 10.1. The Balaban J connectivity index is 2.59. The molecule has 124 valence electrons. The van der Waals surface area contributed by atoms with E-state index in [0.717, 1.165) is 5.01 Å². The molecule has 1 unspecified atom stereocenters. The molecule has 0 aromatic carbocycles. The zero-order chi connectivity index (χ0) is 16.9. The standard InChI is InChI=1S/C14H23N3O5/c1-14(2,3)22-8-7-10(13(20)21)15-12(19)9-5-6-11(18)17(4)16-9/h10H,5-8H2,1-4H3,(H,15,19)(H,20,21). The van der Waals surface area contributed by atoms with Gasteiger partial charge in [-0.15, -0.1) is 0 Å². The maximum Gasteiger partial charge on any atom is 0.326 e. The minimum Gasteiger partial charge on any atom is -0.480 e. The van der Waals surface area contributed by atoms with Gasteiger partial charge in [-0.05, 0) is 20.8 Å². The molecule has 0 aliphatic carbocycles. The topological polar surface area (TPSA) is 108 Å². The fraction of sp³-hybridized carbons (Fsp3) is 0.714. The van der Waals surface area contributed by atoms with Gasteiger partial charge < -0.3 is 15.2 Å². The van der Waals surface area contributed by atoms with Crippen LogP contribution >= 0.6 is 0 Å². The Kier molecular flexibility index (Phi) is 6.04. The molecule has 0 radical (unpaired) electrons. The van der Waals surface area contributed by atoms with E-state index in [1.54, 1.807) is 0 Å². The third-order valence-corrected chi connectivity index (χ3v) is 3.01. The van der Waals surface area contributed by atoms with Crippen molar-refractivity contribution >= 4 is 23.5 Å². The normalized spacial score (nSPS) is 17.0. The Morgan fingerprint density at radius 1 is 1.41 bits per heavy atom. The number of nitrogens with one attached hydrogen (secondary N) is 1. The maximum absolute atomic E-state index is 12.0. The number of hydrazone groups is 1. The van der Waals surface area contributed by atoms with Crippen LogP contribution in [0.5, 0.6) is 0 Å². The van der Waals surface area contributed by atoms with Crippen LogP contribution < -0.4 is 5.32 Å². The van der Waals surface area contributed by atoms with Gasteiger partial charge in [0.25, 0.3) is 5.91 Å². The van der Waals surface area contributed by atoms with Crippen molar-refractivity contribution in [3.05, 3.63) is 0 Å². The van der Waals surface area contributed by atoms with Crippen molar-refractivity contribution < 1.29 is 24.2 Å². The van der Waals surface area contributed by atoms with Crippen molar-refractivity contribution in [3.8, 4) is 0 Å². The summed E-state index contributed by atoms with van der Waals surface area (Å²) in [5.74, 6) is -1.88. The Hall–Kier alpha value is -1.96. The smallest absolute Gasteiger partial charge is 0.326 e. The molecule has 1 rings (SSSR count). The molecule has 2 amide bonds. The van der Waals surface area contributed by atoms with Crippen molar-refractivity contribution in [3.63, 3.8) is 0 Å². The van der Waals surface area contributed by atoms with Gasteiger partial charge in [-0.1, -0.05) is 0 Å². The third kappa shape index (κ3) is 5.80. The lowest BCUT2D eigenvalue weighted by Gasteiger charge is -2.23. The molecule has 8 heteroatoms. The van der Waals surface area contributed by atoms with E-state index in [0.29, 0.717) is 0 Å². The number of amides is 2. The average molecular weight is 313 g/mol. The largest absolute Gasteiger partial charge is 0.480 e. The van der Waals surface area contributed by atoms with Crippen LogP contribution in [0.15, 0.2) is 5.10 Å². The number of carbonyl (C=O) groups is 3. The summed E-state index contributed by atoms with van der Waals surface area (Å²) in [7, 11) is 1.46. The highest BCUT2D eigenvalue weighted by Crippen LogP contribution is 2.09. The number of aliphatic carboxylic acids is 1. The van der Waals surface area contributed by atoms with Crippen molar-refractivity contribution in [2.24, 2.45) is 5.10 Å². The SMILES string of the molecule is CN1N=C(C(=O)NC(CCOC(C)(C)C)C(=O)O)CCC1=O. The number of rotatable bonds is 6. The summed E-state index contributed by atoms with van der Waals surface area (Å²) in [5, 5.41) is 16.5. The fourth-order valence-electron chi connectivity index (χ4n) is 1.81. The molecule has 0 bridgehead atoms. The number of hydrogen-bond acceptors (Lipinski definition) is 5. The first kappa shape index (κ1) is 18.1. The number of carboxylic acids is 1. The first-order chi connectivity index (χ1) is 10.1.